The first-order chi connectivity index (χ1) is 11.9. The fraction of sp³-hybridized carbons (Fsp3) is 0.375. The van der Waals surface area contributed by atoms with Gasteiger partial charge in [-0.15, -0.1) is 11.3 Å². The molecule has 0 radical (unpaired) electrons. The second kappa shape index (κ2) is 7.12. The lowest BCUT2D eigenvalue weighted by atomic mass is 9.89. The van der Waals surface area contributed by atoms with Crippen LogP contribution in [0.4, 0.5) is 5.00 Å². The van der Waals surface area contributed by atoms with Crippen LogP contribution in [0, 0.1) is 17.2 Å². The lowest BCUT2D eigenvalue weighted by Crippen LogP contribution is -2.34. The molecule has 130 valence electrons. The van der Waals surface area contributed by atoms with E-state index < -0.39 is 5.91 Å². The summed E-state index contributed by atoms with van der Waals surface area (Å²) >= 11 is 12.7. The molecule has 1 atom stereocenters. The van der Waals surface area contributed by atoms with E-state index in [1.54, 1.807) is 7.05 Å². The Kier molecular flexibility index (Phi) is 5.08. The van der Waals surface area contributed by atoms with E-state index in [0.717, 1.165) is 24.8 Å². The predicted molar refractivity (Wildman–Crippen MR) is 102 cm³/mol. The summed E-state index contributed by atoms with van der Waals surface area (Å²) in [5.74, 6) is 0.125. The van der Waals surface area contributed by atoms with E-state index in [4.69, 9.17) is 23.8 Å². The number of rotatable bonds is 2. The van der Waals surface area contributed by atoms with Gasteiger partial charge in [-0.05, 0) is 43.0 Å². The third kappa shape index (κ3) is 3.68. The minimum absolute atomic E-state index is 0.105. The molecule has 0 bridgehead atoms. The van der Waals surface area contributed by atoms with Crippen molar-refractivity contribution in [3.8, 4) is 6.07 Å². The molecule has 3 rings (SSSR count). The molecule has 1 aliphatic rings. The Bertz CT molecular complexity index is 895. The van der Waals surface area contributed by atoms with E-state index in [1.165, 1.54) is 27.1 Å². The van der Waals surface area contributed by atoms with Crippen LogP contribution in [0.1, 0.15) is 39.8 Å². The lowest BCUT2D eigenvalue weighted by molar-refractivity contribution is 0.0972. The highest BCUT2D eigenvalue weighted by atomic mass is 35.5. The summed E-state index contributed by atoms with van der Waals surface area (Å²) in [6, 6.07) is 2.26. The number of nitrogens with zero attached hydrogens (tertiary/aromatic N) is 3. The molecule has 0 aliphatic heterocycles. The molecule has 0 aromatic carbocycles. The van der Waals surface area contributed by atoms with Crippen LogP contribution in [-0.4, -0.2) is 20.8 Å². The minimum Gasteiger partial charge on any atom is -0.323 e. The molecular weight excluding hydrogens is 378 g/mol. The first-order valence-corrected chi connectivity index (χ1v) is 9.35. The van der Waals surface area contributed by atoms with E-state index in [-0.39, 0.29) is 15.8 Å². The summed E-state index contributed by atoms with van der Waals surface area (Å²) in [6.45, 7) is 2.21. The topological polar surface area (TPSA) is 82.7 Å². The fourth-order valence-corrected chi connectivity index (χ4v) is 4.76. The number of amides is 1. The number of thiophene rings is 1. The van der Waals surface area contributed by atoms with Gasteiger partial charge in [0.15, 0.2) is 10.8 Å². The zero-order valence-corrected chi connectivity index (χ0v) is 16.1. The summed E-state index contributed by atoms with van der Waals surface area (Å²) in [7, 11) is 1.68. The Morgan fingerprint density at radius 1 is 1.60 bits per heavy atom. The van der Waals surface area contributed by atoms with Crippen molar-refractivity contribution in [1.82, 2.24) is 15.1 Å². The van der Waals surface area contributed by atoms with Crippen LogP contribution in [0.15, 0.2) is 6.20 Å². The third-order valence-electron chi connectivity index (χ3n) is 4.08. The van der Waals surface area contributed by atoms with Gasteiger partial charge in [-0.25, -0.2) is 0 Å². The van der Waals surface area contributed by atoms with E-state index in [0.29, 0.717) is 16.5 Å². The Labute approximate surface area is 159 Å². The fourth-order valence-electron chi connectivity index (χ4n) is 2.87. The largest absolute Gasteiger partial charge is 0.323 e. The first kappa shape index (κ1) is 17.9. The smallest absolute Gasteiger partial charge is 0.279 e. The molecule has 0 saturated carbocycles. The molecule has 0 spiro atoms. The van der Waals surface area contributed by atoms with Crippen LogP contribution in [0.25, 0.3) is 0 Å². The quantitative estimate of drug-likeness (QED) is 0.765. The normalized spacial score (nSPS) is 16.0. The molecule has 2 aromatic heterocycles. The van der Waals surface area contributed by atoms with Crippen molar-refractivity contribution in [2.24, 2.45) is 13.0 Å². The van der Waals surface area contributed by atoms with Crippen molar-refractivity contribution in [1.29, 1.82) is 5.26 Å². The number of hydrogen-bond acceptors (Lipinski definition) is 5. The number of carbonyl (C=O) groups excluding carboxylic acids is 1. The van der Waals surface area contributed by atoms with Crippen molar-refractivity contribution < 1.29 is 4.79 Å². The molecule has 25 heavy (non-hydrogen) atoms. The molecule has 1 aliphatic carbocycles. The summed E-state index contributed by atoms with van der Waals surface area (Å²) in [4.78, 5) is 13.4. The minimum atomic E-state index is -0.489. The van der Waals surface area contributed by atoms with Gasteiger partial charge in [-0.1, -0.05) is 18.5 Å². The van der Waals surface area contributed by atoms with Crippen molar-refractivity contribution >= 4 is 51.2 Å². The highest BCUT2D eigenvalue weighted by Gasteiger charge is 2.24. The summed E-state index contributed by atoms with van der Waals surface area (Å²) in [5, 5.41) is 20.1. The summed E-state index contributed by atoms with van der Waals surface area (Å²) in [6.07, 6.45) is 4.49. The van der Waals surface area contributed by atoms with Gasteiger partial charge in [-0.2, -0.15) is 10.4 Å². The van der Waals surface area contributed by atoms with Gasteiger partial charge < -0.3 is 5.32 Å². The lowest BCUT2D eigenvalue weighted by Gasteiger charge is -2.17. The summed E-state index contributed by atoms with van der Waals surface area (Å²) in [5.41, 5.74) is 1.84. The second-order valence-electron chi connectivity index (χ2n) is 6.08. The molecule has 9 heteroatoms. The number of nitrogens with one attached hydrogen (secondary N) is 2. The number of aryl methyl sites for hydroxylation is 1. The standard InChI is InChI=1S/C16H16ClN5OS2/c1-8-3-4-9-10(6-18)15(25-12(9)5-8)20-16(24)19-14(23)13-11(17)7-22(2)21-13/h7-8H,3-5H2,1-2H3,(H2,19,20,23,24)/t8-/m0/s1. The van der Waals surface area contributed by atoms with Gasteiger partial charge in [0.05, 0.1) is 10.6 Å². The predicted octanol–water partition coefficient (Wildman–Crippen LogP) is 3.26. The Balaban J connectivity index is 1.74. The molecule has 2 heterocycles. The zero-order chi connectivity index (χ0) is 18.1. The van der Waals surface area contributed by atoms with Crippen LogP contribution >= 0.6 is 35.2 Å². The van der Waals surface area contributed by atoms with E-state index in [1.807, 2.05) is 0 Å². The van der Waals surface area contributed by atoms with Crippen LogP contribution in [-0.2, 0) is 19.9 Å². The van der Waals surface area contributed by atoms with Gasteiger partial charge in [0.1, 0.15) is 11.1 Å². The van der Waals surface area contributed by atoms with Crippen molar-refractivity contribution in [2.45, 2.75) is 26.2 Å². The van der Waals surface area contributed by atoms with Crippen molar-refractivity contribution in [3.63, 3.8) is 0 Å². The number of aromatic nitrogens is 2. The molecule has 0 saturated heterocycles. The van der Waals surface area contributed by atoms with Gasteiger partial charge in [0.25, 0.3) is 5.91 Å². The maximum atomic E-state index is 12.2. The monoisotopic (exact) mass is 393 g/mol. The number of thiocarbonyl (C=S) groups is 1. The van der Waals surface area contributed by atoms with Crippen molar-refractivity contribution in [3.05, 3.63) is 32.9 Å². The summed E-state index contributed by atoms with van der Waals surface area (Å²) < 4.78 is 1.45. The highest BCUT2D eigenvalue weighted by Crippen LogP contribution is 2.39. The zero-order valence-electron chi connectivity index (χ0n) is 13.7. The Morgan fingerprint density at radius 3 is 3.00 bits per heavy atom. The maximum absolute atomic E-state index is 12.2. The Hall–Kier alpha value is -1.95. The van der Waals surface area contributed by atoms with Crippen molar-refractivity contribution in [2.75, 3.05) is 5.32 Å². The second-order valence-corrected chi connectivity index (χ2v) is 8.00. The van der Waals surface area contributed by atoms with Crippen LogP contribution in [0.2, 0.25) is 5.02 Å². The van der Waals surface area contributed by atoms with E-state index in [9.17, 15) is 10.1 Å². The van der Waals surface area contributed by atoms with E-state index >= 15 is 0 Å². The van der Waals surface area contributed by atoms with Gasteiger partial charge in [0, 0.05) is 18.1 Å². The van der Waals surface area contributed by atoms with Gasteiger partial charge in [-0.3, -0.25) is 14.8 Å². The van der Waals surface area contributed by atoms with Gasteiger partial charge in [0.2, 0.25) is 0 Å². The maximum Gasteiger partial charge on any atom is 0.279 e. The first-order valence-electron chi connectivity index (χ1n) is 7.75. The molecule has 2 N–H and O–H groups in total. The van der Waals surface area contributed by atoms with E-state index in [2.05, 4.69) is 28.7 Å². The SMILES string of the molecule is C[C@H]1CCc2c(sc(NC(=S)NC(=O)c3nn(C)cc3Cl)c2C#N)C1. The van der Waals surface area contributed by atoms with Crippen LogP contribution < -0.4 is 10.6 Å². The number of halogens is 1. The average molecular weight is 394 g/mol. The number of hydrogen-bond donors (Lipinski definition) is 2. The third-order valence-corrected chi connectivity index (χ3v) is 5.73. The van der Waals surface area contributed by atoms with Crippen LogP contribution in [0.3, 0.4) is 0 Å². The number of carbonyl (C=O) groups is 1. The highest BCUT2D eigenvalue weighted by molar-refractivity contribution is 7.80. The molecule has 6 nitrogen and oxygen atoms in total. The van der Waals surface area contributed by atoms with Gasteiger partial charge >= 0.3 is 0 Å². The number of nitriles is 1. The molecule has 0 unspecified atom stereocenters. The molecule has 1 amide bonds. The average Bonchev–Trinajstić information content (AvgIpc) is 3.05. The molecule has 2 aromatic rings. The number of fused-ring (bicyclic) bond motifs is 1. The molecular formula is C16H16ClN5OS2. The molecule has 0 fully saturated rings. The number of anilines is 1. The van der Waals surface area contributed by atoms with Crippen LogP contribution in [0.5, 0.6) is 0 Å². The Morgan fingerprint density at radius 2 is 2.36 bits per heavy atom.